The summed E-state index contributed by atoms with van der Waals surface area (Å²) in [6.07, 6.45) is -0.118. The van der Waals surface area contributed by atoms with Crippen molar-refractivity contribution in [1.82, 2.24) is 0 Å². The van der Waals surface area contributed by atoms with Gasteiger partial charge < -0.3 is 9.90 Å². The molecular weight excluding hydrogens is 416 g/mol. The van der Waals surface area contributed by atoms with Gasteiger partial charge in [0.15, 0.2) is 0 Å². The van der Waals surface area contributed by atoms with E-state index in [1.165, 1.54) is 0 Å². The fourth-order valence-corrected chi connectivity index (χ4v) is 3.60. The number of carbonyl (C=O) groups excluding carboxylic acids is 1. The maximum absolute atomic E-state index is 10.7. The molecule has 0 radical (unpaired) electrons. The van der Waals surface area contributed by atoms with Crippen molar-refractivity contribution in [2.45, 2.75) is 6.42 Å². The minimum Gasteiger partial charge on any atom is -0.550 e. The predicted molar refractivity (Wildman–Crippen MR) is 75.8 cm³/mol. The molecule has 2 nitrogen and oxygen atoms in total. The summed E-state index contributed by atoms with van der Waals surface area (Å²) in [6, 6.07) is 7.75. The van der Waals surface area contributed by atoms with Crippen LogP contribution in [0.2, 0.25) is 0 Å². The molecule has 0 atom stereocenters. The van der Waals surface area contributed by atoms with Gasteiger partial charge in [-0.15, -0.1) is 0 Å². The molecule has 0 aliphatic heterocycles. The SMILES string of the molecule is O=C([O-])Cc1c(Br)cc2cc(Br)ccc2c1Br. The van der Waals surface area contributed by atoms with Crippen LogP contribution in [0.4, 0.5) is 0 Å². The molecule has 2 aromatic carbocycles. The number of aliphatic carboxylic acids is 1. The highest BCUT2D eigenvalue weighted by molar-refractivity contribution is 9.11. The number of hydrogen-bond donors (Lipinski definition) is 0. The number of carboxylic acid groups (broad SMARTS) is 1. The van der Waals surface area contributed by atoms with Gasteiger partial charge in [-0.25, -0.2) is 0 Å². The highest BCUT2D eigenvalue weighted by Crippen LogP contribution is 2.35. The largest absolute Gasteiger partial charge is 0.550 e. The molecule has 0 fully saturated rings. The van der Waals surface area contributed by atoms with E-state index in [1.54, 1.807) is 0 Å². The van der Waals surface area contributed by atoms with E-state index in [0.29, 0.717) is 5.56 Å². The second-order valence-corrected chi connectivity index (χ2v) is 6.13. The Bertz CT molecular complexity index is 608. The number of fused-ring (bicyclic) bond motifs is 1. The average Bonchev–Trinajstić information content (AvgIpc) is 2.23. The number of halogens is 3. The summed E-state index contributed by atoms with van der Waals surface area (Å²) in [6.45, 7) is 0. The van der Waals surface area contributed by atoms with Gasteiger partial charge >= 0.3 is 0 Å². The van der Waals surface area contributed by atoms with Crippen molar-refractivity contribution in [3.05, 3.63) is 43.2 Å². The Morgan fingerprint density at radius 2 is 1.88 bits per heavy atom. The molecule has 0 unspecified atom stereocenters. The van der Waals surface area contributed by atoms with Gasteiger partial charge in [0.2, 0.25) is 0 Å². The van der Waals surface area contributed by atoms with E-state index < -0.39 is 5.97 Å². The number of hydrogen-bond acceptors (Lipinski definition) is 2. The van der Waals surface area contributed by atoms with Gasteiger partial charge in [0.25, 0.3) is 0 Å². The Labute approximate surface area is 123 Å². The lowest BCUT2D eigenvalue weighted by Crippen LogP contribution is -2.24. The summed E-state index contributed by atoms with van der Waals surface area (Å²) in [4.78, 5) is 10.7. The van der Waals surface area contributed by atoms with Crippen molar-refractivity contribution in [1.29, 1.82) is 0 Å². The zero-order chi connectivity index (χ0) is 12.6. The van der Waals surface area contributed by atoms with E-state index in [1.807, 2.05) is 24.3 Å². The average molecular weight is 422 g/mol. The molecule has 2 rings (SSSR count). The van der Waals surface area contributed by atoms with Gasteiger partial charge in [-0.05, 0) is 50.5 Å². The zero-order valence-electron chi connectivity index (χ0n) is 8.47. The Hall–Kier alpha value is -0.390. The molecule has 0 bridgehead atoms. The lowest BCUT2D eigenvalue weighted by atomic mass is 10.1. The van der Waals surface area contributed by atoms with Crippen molar-refractivity contribution in [2.24, 2.45) is 0 Å². The smallest absolute Gasteiger partial charge is 0.0459 e. The third kappa shape index (κ3) is 2.72. The minimum atomic E-state index is -1.09. The molecule has 0 spiro atoms. The standard InChI is InChI=1S/C12H7Br3O2/c13-7-1-2-8-6(3-7)4-10(14)9(12(8)15)5-11(16)17/h1-4H,5H2,(H,16,17)/p-1. The van der Waals surface area contributed by atoms with E-state index >= 15 is 0 Å². The van der Waals surface area contributed by atoms with Crippen molar-refractivity contribution in [2.75, 3.05) is 0 Å². The van der Waals surface area contributed by atoms with Crippen LogP contribution in [-0.2, 0) is 11.2 Å². The van der Waals surface area contributed by atoms with Gasteiger partial charge in [0.1, 0.15) is 0 Å². The predicted octanol–water partition coefficient (Wildman–Crippen LogP) is 3.42. The van der Waals surface area contributed by atoms with Crippen molar-refractivity contribution in [3.8, 4) is 0 Å². The summed E-state index contributed by atoms with van der Waals surface area (Å²) in [5.41, 5.74) is 0.694. The van der Waals surface area contributed by atoms with Gasteiger partial charge in [-0.2, -0.15) is 0 Å². The summed E-state index contributed by atoms with van der Waals surface area (Å²) in [5.74, 6) is -1.09. The highest BCUT2D eigenvalue weighted by atomic mass is 79.9. The molecule has 88 valence electrons. The van der Waals surface area contributed by atoms with Crippen LogP contribution in [0, 0.1) is 0 Å². The number of carboxylic acids is 1. The second kappa shape index (κ2) is 5.08. The monoisotopic (exact) mass is 419 g/mol. The first-order chi connectivity index (χ1) is 7.99. The molecule has 0 N–H and O–H groups in total. The van der Waals surface area contributed by atoms with Crippen molar-refractivity contribution < 1.29 is 9.90 Å². The van der Waals surface area contributed by atoms with E-state index in [-0.39, 0.29) is 6.42 Å². The van der Waals surface area contributed by atoms with Gasteiger partial charge in [-0.1, -0.05) is 37.9 Å². The number of rotatable bonds is 2. The number of benzene rings is 2. The van der Waals surface area contributed by atoms with Crippen LogP contribution in [0.25, 0.3) is 10.8 Å². The van der Waals surface area contributed by atoms with Gasteiger partial charge in [0.05, 0.1) is 0 Å². The van der Waals surface area contributed by atoms with Crippen LogP contribution in [0.3, 0.4) is 0 Å². The lowest BCUT2D eigenvalue weighted by molar-refractivity contribution is -0.304. The molecule has 0 saturated carbocycles. The molecule has 0 aliphatic rings. The Morgan fingerprint density at radius 1 is 1.18 bits per heavy atom. The summed E-state index contributed by atoms with van der Waals surface area (Å²) >= 11 is 10.2. The Morgan fingerprint density at radius 3 is 2.53 bits per heavy atom. The van der Waals surface area contributed by atoms with Crippen LogP contribution >= 0.6 is 47.8 Å². The fraction of sp³-hybridized carbons (Fsp3) is 0.0833. The Kier molecular flexibility index (Phi) is 3.90. The molecule has 17 heavy (non-hydrogen) atoms. The van der Waals surface area contributed by atoms with Crippen LogP contribution < -0.4 is 5.11 Å². The molecule has 5 heteroatoms. The maximum atomic E-state index is 10.7. The van der Waals surface area contributed by atoms with Gasteiger partial charge in [-0.3, -0.25) is 0 Å². The first kappa shape index (κ1) is 13.1. The maximum Gasteiger partial charge on any atom is 0.0459 e. The summed E-state index contributed by atoms with van der Waals surface area (Å²) in [7, 11) is 0. The van der Waals surface area contributed by atoms with E-state index in [4.69, 9.17) is 0 Å². The molecule has 0 amide bonds. The highest BCUT2D eigenvalue weighted by Gasteiger charge is 2.10. The van der Waals surface area contributed by atoms with E-state index in [9.17, 15) is 9.90 Å². The summed E-state index contributed by atoms with van der Waals surface area (Å²) < 4.78 is 2.54. The van der Waals surface area contributed by atoms with Crippen LogP contribution in [0.15, 0.2) is 37.7 Å². The topological polar surface area (TPSA) is 40.1 Å². The molecule has 2 aromatic rings. The zero-order valence-corrected chi connectivity index (χ0v) is 13.2. The van der Waals surface area contributed by atoms with E-state index in [2.05, 4.69) is 47.8 Å². The van der Waals surface area contributed by atoms with Crippen LogP contribution in [0.5, 0.6) is 0 Å². The lowest BCUT2D eigenvalue weighted by Gasteiger charge is -2.11. The summed E-state index contributed by atoms with van der Waals surface area (Å²) in [5, 5.41) is 12.7. The third-order valence-electron chi connectivity index (χ3n) is 2.41. The Balaban J connectivity index is 2.71. The van der Waals surface area contributed by atoms with Crippen molar-refractivity contribution in [3.63, 3.8) is 0 Å². The normalized spacial score (nSPS) is 10.8. The second-order valence-electron chi connectivity index (χ2n) is 3.57. The molecule has 0 aliphatic carbocycles. The van der Waals surface area contributed by atoms with Gasteiger partial charge in [0, 0.05) is 25.8 Å². The first-order valence-corrected chi connectivity index (χ1v) is 7.13. The number of carbonyl (C=O) groups is 1. The molecule has 0 aromatic heterocycles. The van der Waals surface area contributed by atoms with E-state index in [0.717, 1.165) is 24.2 Å². The third-order valence-corrected chi connectivity index (χ3v) is 4.51. The fourth-order valence-electron chi connectivity index (χ4n) is 1.65. The molecule has 0 saturated heterocycles. The minimum absolute atomic E-state index is 0.118. The van der Waals surface area contributed by atoms with Crippen molar-refractivity contribution >= 4 is 64.5 Å². The molecule has 0 heterocycles. The van der Waals surface area contributed by atoms with Crippen LogP contribution in [-0.4, -0.2) is 5.97 Å². The first-order valence-electron chi connectivity index (χ1n) is 4.75. The quantitative estimate of drug-likeness (QED) is 0.745. The molecular formula is C12H6Br3O2-. The van der Waals surface area contributed by atoms with Crippen LogP contribution in [0.1, 0.15) is 5.56 Å².